The quantitative estimate of drug-likeness (QED) is 0.833. The number of nitrogens with zero attached hydrogens (tertiary/aromatic N) is 1. The number of rotatable bonds is 1. The van der Waals surface area contributed by atoms with Crippen LogP contribution in [-0.2, 0) is 4.79 Å². The van der Waals surface area contributed by atoms with Crippen LogP contribution in [-0.4, -0.2) is 22.6 Å². The summed E-state index contributed by atoms with van der Waals surface area (Å²) < 4.78 is 0. The Kier molecular flexibility index (Phi) is 2.99. The predicted molar refractivity (Wildman–Crippen MR) is 98.7 cm³/mol. The lowest BCUT2D eigenvalue weighted by Gasteiger charge is -2.53. The molecule has 1 aromatic carbocycles. The molecule has 24 heavy (non-hydrogen) atoms. The largest absolute Gasteiger partial charge is 0.378 e. The summed E-state index contributed by atoms with van der Waals surface area (Å²) in [6.07, 6.45) is 3.73. The highest BCUT2D eigenvalue weighted by atomic mass is 16.1. The van der Waals surface area contributed by atoms with Crippen LogP contribution in [0.5, 0.6) is 0 Å². The van der Waals surface area contributed by atoms with Gasteiger partial charge in [-0.15, -0.1) is 0 Å². The second-order valence-corrected chi connectivity index (χ2v) is 8.78. The minimum absolute atomic E-state index is 0.116. The number of fused-ring (bicyclic) bond motifs is 2. The third-order valence-electron chi connectivity index (χ3n) is 5.99. The van der Waals surface area contributed by atoms with Crippen LogP contribution in [0.4, 0.5) is 5.69 Å². The van der Waals surface area contributed by atoms with E-state index in [4.69, 9.17) is 4.99 Å². The number of benzene rings is 1. The smallest absolute Gasteiger partial charge is 0.161 e. The first-order valence-corrected chi connectivity index (χ1v) is 8.91. The number of nitrogens with one attached hydrogen (secondary N) is 1. The van der Waals surface area contributed by atoms with Crippen molar-refractivity contribution in [2.75, 3.05) is 5.32 Å². The van der Waals surface area contributed by atoms with Crippen molar-refractivity contribution in [3.8, 4) is 0 Å². The van der Waals surface area contributed by atoms with Gasteiger partial charge in [0.25, 0.3) is 0 Å². The van der Waals surface area contributed by atoms with Gasteiger partial charge in [0.2, 0.25) is 0 Å². The standard InChI is InChI=1S/C21H26N2O/c1-13(2)15-10-21-12-19(3,4)23-18(21)14-8-6-7-9-16(14)22-20(21,5)11-17(15)24/h6-10,13,22H,11-12H2,1-5H3/t20-,21+/m1/s1. The Balaban J connectivity index is 2.03. The molecule has 3 nitrogen and oxygen atoms in total. The number of para-hydroxylation sites is 1. The van der Waals surface area contributed by atoms with Gasteiger partial charge in [-0.05, 0) is 44.7 Å². The molecular formula is C21H26N2O. The van der Waals surface area contributed by atoms with Crippen molar-refractivity contribution in [3.63, 3.8) is 0 Å². The first kappa shape index (κ1) is 15.6. The molecule has 2 heterocycles. The molecule has 0 amide bonds. The molecule has 3 heteroatoms. The molecule has 0 fully saturated rings. The van der Waals surface area contributed by atoms with Gasteiger partial charge >= 0.3 is 0 Å². The van der Waals surface area contributed by atoms with Crippen LogP contribution >= 0.6 is 0 Å². The van der Waals surface area contributed by atoms with Gasteiger partial charge in [0.05, 0.1) is 22.2 Å². The molecule has 0 aromatic heterocycles. The Morgan fingerprint density at radius 2 is 1.88 bits per heavy atom. The number of carbonyl (C=O) groups excluding carboxylic acids is 1. The highest BCUT2D eigenvalue weighted by molar-refractivity contribution is 6.16. The van der Waals surface area contributed by atoms with Crippen LogP contribution in [0, 0.1) is 11.3 Å². The molecule has 0 unspecified atom stereocenters. The molecule has 1 N–H and O–H groups in total. The van der Waals surface area contributed by atoms with Crippen LogP contribution in [0.15, 0.2) is 40.9 Å². The molecule has 0 radical (unpaired) electrons. The average molecular weight is 322 g/mol. The molecule has 2 atom stereocenters. The van der Waals surface area contributed by atoms with E-state index in [2.05, 4.69) is 64.2 Å². The van der Waals surface area contributed by atoms with Crippen molar-refractivity contribution in [2.24, 2.45) is 16.3 Å². The second-order valence-electron chi connectivity index (χ2n) is 8.78. The lowest BCUT2D eigenvalue weighted by molar-refractivity contribution is -0.118. The van der Waals surface area contributed by atoms with Crippen molar-refractivity contribution < 1.29 is 4.79 Å². The number of carbonyl (C=O) groups is 1. The normalized spacial score (nSPS) is 33.2. The first-order chi connectivity index (χ1) is 11.2. The summed E-state index contributed by atoms with van der Waals surface area (Å²) in [6, 6.07) is 8.38. The Bertz CT molecular complexity index is 802. The molecule has 1 aromatic rings. The number of hydrogen-bond acceptors (Lipinski definition) is 3. The van der Waals surface area contributed by atoms with Crippen molar-refractivity contribution in [2.45, 2.75) is 58.5 Å². The van der Waals surface area contributed by atoms with Gasteiger partial charge in [-0.2, -0.15) is 0 Å². The molecule has 2 aliphatic heterocycles. The number of ketones is 1. The molecule has 3 aliphatic rings. The van der Waals surface area contributed by atoms with Crippen molar-refractivity contribution in [3.05, 3.63) is 41.5 Å². The van der Waals surface area contributed by atoms with Crippen molar-refractivity contribution in [1.29, 1.82) is 0 Å². The second kappa shape index (κ2) is 4.59. The maximum Gasteiger partial charge on any atom is 0.161 e. The zero-order valence-electron chi connectivity index (χ0n) is 15.2. The molecule has 0 bridgehead atoms. The lowest BCUT2D eigenvalue weighted by Crippen LogP contribution is -2.60. The predicted octanol–water partition coefficient (Wildman–Crippen LogP) is 4.38. The summed E-state index contributed by atoms with van der Waals surface area (Å²) in [7, 11) is 0. The molecule has 1 spiro atoms. The monoisotopic (exact) mass is 322 g/mol. The Morgan fingerprint density at radius 3 is 2.58 bits per heavy atom. The van der Waals surface area contributed by atoms with E-state index in [-0.39, 0.29) is 28.2 Å². The number of hydrogen-bond donors (Lipinski definition) is 1. The number of anilines is 1. The van der Waals surface area contributed by atoms with E-state index < -0.39 is 0 Å². The maximum absolute atomic E-state index is 12.8. The average Bonchev–Trinajstić information content (AvgIpc) is 2.76. The van der Waals surface area contributed by atoms with Gasteiger partial charge < -0.3 is 5.32 Å². The van der Waals surface area contributed by atoms with Crippen LogP contribution in [0.2, 0.25) is 0 Å². The Labute approximate surface area is 144 Å². The SMILES string of the molecule is CC(C)C1=C[C@]23CC(C)(C)N=C2c2ccccc2N[C@]3(C)CC1=O. The highest BCUT2D eigenvalue weighted by Crippen LogP contribution is 2.58. The molecule has 0 saturated heterocycles. The molecule has 4 rings (SSSR count). The highest BCUT2D eigenvalue weighted by Gasteiger charge is 2.61. The van der Waals surface area contributed by atoms with E-state index in [1.54, 1.807) is 0 Å². The zero-order valence-corrected chi connectivity index (χ0v) is 15.2. The van der Waals surface area contributed by atoms with Crippen LogP contribution in [0.3, 0.4) is 0 Å². The van der Waals surface area contributed by atoms with E-state index in [0.29, 0.717) is 6.42 Å². The summed E-state index contributed by atoms with van der Waals surface area (Å²) in [5.41, 5.74) is 3.78. The molecular weight excluding hydrogens is 296 g/mol. The van der Waals surface area contributed by atoms with E-state index >= 15 is 0 Å². The molecule has 126 valence electrons. The van der Waals surface area contributed by atoms with Gasteiger partial charge in [-0.25, -0.2) is 0 Å². The number of Topliss-reactive ketones (excluding diaryl/α,β-unsaturated/α-hetero) is 1. The Morgan fingerprint density at radius 1 is 1.17 bits per heavy atom. The molecule has 1 aliphatic carbocycles. The fraction of sp³-hybridized carbons (Fsp3) is 0.524. The lowest BCUT2D eigenvalue weighted by atomic mass is 9.55. The van der Waals surface area contributed by atoms with Crippen LogP contribution in [0.1, 0.15) is 53.0 Å². The van der Waals surface area contributed by atoms with Gasteiger partial charge in [0, 0.05) is 17.7 Å². The summed E-state index contributed by atoms with van der Waals surface area (Å²) in [4.78, 5) is 17.9. The van der Waals surface area contributed by atoms with E-state index in [1.165, 1.54) is 5.56 Å². The fourth-order valence-corrected chi connectivity index (χ4v) is 4.91. The Hall–Kier alpha value is -1.90. The van der Waals surface area contributed by atoms with E-state index in [9.17, 15) is 4.79 Å². The summed E-state index contributed by atoms with van der Waals surface area (Å²) in [5.74, 6) is 0.521. The topological polar surface area (TPSA) is 41.5 Å². The first-order valence-electron chi connectivity index (χ1n) is 8.91. The van der Waals surface area contributed by atoms with E-state index in [0.717, 1.165) is 23.4 Å². The summed E-state index contributed by atoms with van der Waals surface area (Å²) in [5, 5.41) is 3.72. The van der Waals surface area contributed by atoms with Crippen molar-refractivity contribution in [1.82, 2.24) is 0 Å². The third kappa shape index (κ3) is 1.90. The van der Waals surface area contributed by atoms with Crippen LogP contribution < -0.4 is 5.32 Å². The van der Waals surface area contributed by atoms with Gasteiger partial charge in [0.15, 0.2) is 5.78 Å². The van der Waals surface area contributed by atoms with Gasteiger partial charge in [-0.1, -0.05) is 38.1 Å². The summed E-state index contributed by atoms with van der Waals surface area (Å²) in [6.45, 7) is 10.8. The fourth-order valence-electron chi connectivity index (χ4n) is 4.91. The third-order valence-corrected chi connectivity index (χ3v) is 5.99. The van der Waals surface area contributed by atoms with E-state index in [1.807, 2.05) is 6.07 Å². The minimum Gasteiger partial charge on any atom is -0.378 e. The van der Waals surface area contributed by atoms with Gasteiger partial charge in [0.1, 0.15) is 0 Å². The van der Waals surface area contributed by atoms with Gasteiger partial charge in [-0.3, -0.25) is 9.79 Å². The zero-order chi connectivity index (χ0) is 17.3. The minimum atomic E-state index is -0.316. The maximum atomic E-state index is 12.8. The summed E-state index contributed by atoms with van der Waals surface area (Å²) >= 11 is 0. The number of allylic oxidation sites excluding steroid dienone is 1. The van der Waals surface area contributed by atoms with Crippen molar-refractivity contribution >= 4 is 17.2 Å². The number of aliphatic imine (C=N–C) groups is 1. The molecule has 0 saturated carbocycles. The van der Waals surface area contributed by atoms with Crippen LogP contribution in [0.25, 0.3) is 0 Å².